The van der Waals surface area contributed by atoms with Crippen LogP contribution in [-0.2, 0) is 16.1 Å². The van der Waals surface area contributed by atoms with Crippen molar-refractivity contribution in [2.24, 2.45) is 0 Å². The minimum Gasteiger partial charge on any atom is -0.379 e. The van der Waals surface area contributed by atoms with E-state index in [0.717, 1.165) is 38.5 Å². The number of nitrogens with one attached hydrogen (secondary N) is 1. The Bertz CT molecular complexity index is 401. The number of hydrogen-bond donors (Lipinski definition) is 1. The summed E-state index contributed by atoms with van der Waals surface area (Å²) in [7, 11) is 1.82. The fourth-order valence-electron chi connectivity index (χ4n) is 2.42. The van der Waals surface area contributed by atoms with Crippen LogP contribution in [-0.4, -0.2) is 65.1 Å². The standard InChI is InChI=1S/C14H24N4O2/c1-12(18-7-9-20-10-8-18)3-4-14(19)17(2)11-13-15-5-6-16-13/h5-6,12H,3-4,7-11H2,1-2H3,(H,15,16)/t12-/m1/s1. The van der Waals surface area contributed by atoms with Gasteiger partial charge in [0.25, 0.3) is 0 Å². The SMILES string of the molecule is C[C@H](CCC(=O)N(C)Cc1ncc[nH]1)N1CCOCC1. The number of nitrogens with zero attached hydrogens (tertiary/aromatic N) is 3. The molecule has 6 heteroatoms. The van der Waals surface area contributed by atoms with E-state index in [-0.39, 0.29) is 5.91 Å². The quantitative estimate of drug-likeness (QED) is 0.840. The number of ether oxygens (including phenoxy) is 1. The molecule has 20 heavy (non-hydrogen) atoms. The van der Waals surface area contributed by atoms with E-state index in [4.69, 9.17) is 4.74 Å². The molecule has 1 saturated heterocycles. The number of morpholine rings is 1. The second kappa shape index (κ2) is 7.40. The number of imidazole rings is 1. The van der Waals surface area contributed by atoms with Gasteiger partial charge in [0.15, 0.2) is 0 Å². The number of aromatic amines is 1. The third-order valence-corrected chi connectivity index (χ3v) is 3.81. The second-order valence-electron chi connectivity index (χ2n) is 5.32. The summed E-state index contributed by atoms with van der Waals surface area (Å²) in [5.74, 6) is 0.989. The van der Waals surface area contributed by atoms with Gasteiger partial charge in [-0.3, -0.25) is 9.69 Å². The number of aromatic nitrogens is 2. The number of carbonyl (C=O) groups excluding carboxylic acids is 1. The molecule has 0 spiro atoms. The van der Waals surface area contributed by atoms with E-state index < -0.39 is 0 Å². The topological polar surface area (TPSA) is 61.5 Å². The van der Waals surface area contributed by atoms with Crippen molar-refractivity contribution < 1.29 is 9.53 Å². The summed E-state index contributed by atoms with van der Waals surface area (Å²) in [6, 6.07) is 0.430. The first-order valence-electron chi connectivity index (χ1n) is 7.21. The highest BCUT2D eigenvalue weighted by Crippen LogP contribution is 2.10. The van der Waals surface area contributed by atoms with E-state index in [2.05, 4.69) is 21.8 Å². The molecule has 112 valence electrons. The fraction of sp³-hybridized carbons (Fsp3) is 0.714. The van der Waals surface area contributed by atoms with Gasteiger partial charge in [-0.15, -0.1) is 0 Å². The van der Waals surface area contributed by atoms with E-state index in [9.17, 15) is 4.79 Å². The molecule has 2 rings (SSSR count). The molecular weight excluding hydrogens is 256 g/mol. The smallest absolute Gasteiger partial charge is 0.222 e. The molecule has 0 aromatic carbocycles. The first-order chi connectivity index (χ1) is 9.66. The van der Waals surface area contributed by atoms with Crippen LogP contribution in [0.4, 0.5) is 0 Å². The summed E-state index contributed by atoms with van der Waals surface area (Å²) in [6.07, 6.45) is 4.94. The van der Waals surface area contributed by atoms with Gasteiger partial charge in [-0.1, -0.05) is 0 Å². The number of amides is 1. The Morgan fingerprint density at radius 2 is 2.30 bits per heavy atom. The summed E-state index contributed by atoms with van der Waals surface area (Å²) in [4.78, 5) is 23.4. The molecule has 0 saturated carbocycles. The zero-order valence-electron chi connectivity index (χ0n) is 12.3. The van der Waals surface area contributed by atoms with Crippen LogP contribution in [0, 0.1) is 0 Å². The van der Waals surface area contributed by atoms with Gasteiger partial charge in [0.1, 0.15) is 5.82 Å². The van der Waals surface area contributed by atoms with Gasteiger partial charge in [0.2, 0.25) is 5.91 Å². The highest BCUT2D eigenvalue weighted by molar-refractivity contribution is 5.75. The van der Waals surface area contributed by atoms with Crippen LogP contribution in [0.25, 0.3) is 0 Å². The molecule has 0 unspecified atom stereocenters. The van der Waals surface area contributed by atoms with Crippen molar-refractivity contribution >= 4 is 5.91 Å². The Hall–Kier alpha value is -1.40. The van der Waals surface area contributed by atoms with Crippen LogP contribution in [0.3, 0.4) is 0 Å². The maximum absolute atomic E-state index is 12.1. The van der Waals surface area contributed by atoms with Gasteiger partial charge in [0.05, 0.1) is 19.8 Å². The maximum atomic E-state index is 12.1. The fourth-order valence-corrected chi connectivity index (χ4v) is 2.42. The summed E-state index contributed by atoms with van der Waals surface area (Å²) >= 11 is 0. The van der Waals surface area contributed by atoms with Gasteiger partial charge >= 0.3 is 0 Å². The van der Waals surface area contributed by atoms with Gasteiger partial charge < -0.3 is 14.6 Å². The van der Waals surface area contributed by atoms with Crippen LogP contribution in [0.1, 0.15) is 25.6 Å². The zero-order valence-corrected chi connectivity index (χ0v) is 12.3. The van der Waals surface area contributed by atoms with E-state index in [1.165, 1.54) is 0 Å². The van der Waals surface area contributed by atoms with Crippen LogP contribution in [0.2, 0.25) is 0 Å². The Morgan fingerprint density at radius 3 is 2.95 bits per heavy atom. The lowest BCUT2D eigenvalue weighted by molar-refractivity contribution is -0.131. The van der Waals surface area contributed by atoms with Gasteiger partial charge in [-0.25, -0.2) is 4.98 Å². The molecular formula is C14H24N4O2. The van der Waals surface area contributed by atoms with Crippen LogP contribution in [0.15, 0.2) is 12.4 Å². The van der Waals surface area contributed by atoms with Crippen molar-refractivity contribution in [2.75, 3.05) is 33.4 Å². The van der Waals surface area contributed by atoms with E-state index >= 15 is 0 Å². The molecule has 1 aromatic rings. The maximum Gasteiger partial charge on any atom is 0.222 e. The third kappa shape index (κ3) is 4.31. The summed E-state index contributed by atoms with van der Waals surface area (Å²) in [5, 5.41) is 0. The van der Waals surface area contributed by atoms with Crippen molar-refractivity contribution in [3.63, 3.8) is 0 Å². The molecule has 1 amide bonds. The van der Waals surface area contributed by atoms with Gasteiger partial charge in [-0.05, 0) is 13.3 Å². The van der Waals surface area contributed by atoms with Crippen molar-refractivity contribution in [3.05, 3.63) is 18.2 Å². The highest BCUT2D eigenvalue weighted by Gasteiger charge is 2.19. The molecule has 1 aliphatic heterocycles. The van der Waals surface area contributed by atoms with E-state index in [1.54, 1.807) is 17.3 Å². The summed E-state index contributed by atoms with van der Waals surface area (Å²) in [6.45, 7) is 6.27. The summed E-state index contributed by atoms with van der Waals surface area (Å²) < 4.78 is 5.35. The minimum absolute atomic E-state index is 0.168. The normalized spacial score (nSPS) is 17.9. The number of rotatable bonds is 6. The Morgan fingerprint density at radius 1 is 1.55 bits per heavy atom. The first-order valence-corrected chi connectivity index (χ1v) is 7.21. The molecule has 2 heterocycles. The number of carbonyl (C=O) groups is 1. The number of hydrogen-bond acceptors (Lipinski definition) is 4. The van der Waals surface area contributed by atoms with E-state index in [1.807, 2.05) is 7.05 Å². The van der Waals surface area contributed by atoms with Crippen LogP contribution >= 0.6 is 0 Å². The van der Waals surface area contributed by atoms with Crippen LogP contribution < -0.4 is 0 Å². The molecule has 1 aliphatic rings. The van der Waals surface area contributed by atoms with Gasteiger partial charge in [-0.2, -0.15) is 0 Å². The molecule has 1 aromatic heterocycles. The van der Waals surface area contributed by atoms with E-state index in [0.29, 0.717) is 19.0 Å². The predicted octanol–water partition coefficient (Wildman–Crippen LogP) is 0.869. The monoisotopic (exact) mass is 280 g/mol. The molecule has 0 bridgehead atoms. The predicted molar refractivity (Wildman–Crippen MR) is 76.1 cm³/mol. The lowest BCUT2D eigenvalue weighted by Crippen LogP contribution is -2.42. The van der Waals surface area contributed by atoms with Gasteiger partial charge in [0, 0.05) is 45.0 Å². The summed E-state index contributed by atoms with van der Waals surface area (Å²) in [5.41, 5.74) is 0. The molecule has 1 fully saturated rings. The van der Waals surface area contributed by atoms with Crippen molar-refractivity contribution in [3.8, 4) is 0 Å². The number of H-pyrrole nitrogens is 1. The molecule has 1 N–H and O–H groups in total. The van der Waals surface area contributed by atoms with Crippen molar-refractivity contribution in [1.82, 2.24) is 19.8 Å². The molecule has 1 atom stereocenters. The largest absolute Gasteiger partial charge is 0.379 e. The Kier molecular flexibility index (Phi) is 5.55. The van der Waals surface area contributed by atoms with Crippen LogP contribution in [0.5, 0.6) is 0 Å². The minimum atomic E-state index is 0.168. The second-order valence-corrected chi connectivity index (χ2v) is 5.32. The molecule has 6 nitrogen and oxygen atoms in total. The average Bonchev–Trinajstić information content (AvgIpc) is 2.98. The highest BCUT2D eigenvalue weighted by atomic mass is 16.5. The lowest BCUT2D eigenvalue weighted by atomic mass is 10.1. The van der Waals surface area contributed by atoms with Crippen molar-refractivity contribution in [1.29, 1.82) is 0 Å². The lowest BCUT2D eigenvalue weighted by Gasteiger charge is -2.32. The third-order valence-electron chi connectivity index (χ3n) is 3.81. The van der Waals surface area contributed by atoms with Crippen molar-refractivity contribution in [2.45, 2.75) is 32.4 Å². The Balaban J connectivity index is 1.70. The molecule has 0 radical (unpaired) electrons. The molecule has 0 aliphatic carbocycles. The first kappa shape index (κ1) is 15.0. The Labute approximate surface area is 120 Å². The average molecular weight is 280 g/mol. The zero-order chi connectivity index (χ0) is 14.4.